The predicted molar refractivity (Wildman–Crippen MR) is 136 cm³/mol. The molecule has 1 aliphatic heterocycles. The van der Waals surface area contributed by atoms with Gasteiger partial charge in [-0.05, 0) is 75.4 Å². The van der Waals surface area contributed by atoms with Gasteiger partial charge in [0.15, 0.2) is 5.17 Å². The molecule has 2 aromatic carbocycles. The number of aryl methyl sites for hydroxylation is 4. The first kappa shape index (κ1) is 25.0. The van der Waals surface area contributed by atoms with Crippen LogP contribution in [0.1, 0.15) is 42.0 Å². The van der Waals surface area contributed by atoms with Gasteiger partial charge in [-0.2, -0.15) is 0 Å². The smallest absolute Gasteiger partial charge is 0.242 e. The highest BCUT2D eigenvalue weighted by molar-refractivity contribution is 8.15. The van der Waals surface area contributed by atoms with Crippen LogP contribution >= 0.6 is 11.8 Å². The van der Waals surface area contributed by atoms with Crippen LogP contribution in [-0.4, -0.2) is 46.9 Å². The molecule has 6 nitrogen and oxygen atoms in total. The van der Waals surface area contributed by atoms with E-state index in [2.05, 4.69) is 12.2 Å². The number of carbonyl (C=O) groups is 2. The zero-order valence-corrected chi connectivity index (χ0v) is 20.9. The number of aliphatic imine (C=N–C) groups is 1. The second kappa shape index (κ2) is 11.5. The van der Waals surface area contributed by atoms with E-state index in [1.807, 2.05) is 64.1 Å². The summed E-state index contributed by atoms with van der Waals surface area (Å²) < 4.78 is 5.44. The van der Waals surface area contributed by atoms with Gasteiger partial charge >= 0.3 is 0 Å². The summed E-state index contributed by atoms with van der Waals surface area (Å²) in [4.78, 5) is 32.5. The predicted octanol–water partition coefficient (Wildman–Crippen LogP) is 5.31. The molecule has 0 unspecified atom stereocenters. The maximum atomic E-state index is 13.2. The number of amides is 2. The molecule has 2 amide bonds. The molecule has 1 fully saturated rings. The Balaban J connectivity index is 1.76. The summed E-state index contributed by atoms with van der Waals surface area (Å²) in [6, 6.07) is 11.9. The molecule has 0 aliphatic carbocycles. The second-order valence-electron chi connectivity index (χ2n) is 8.33. The number of amidine groups is 1. The van der Waals surface area contributed by atoms with Crippen molar-refractivity contribution < 1.29 is 14.3 Å². The maximum absolute atomic E-state index is 13.2. The largest absolute Gasteiger partial charge is 0.382 e. The van der Waals surface area contributed by atoms with Crippen molar-refractivity contribution in [2.45, 2.75) is 52.7 Å². The van der Waals surface area contributed by atoms with Crippen LogP contribution in [0.25, 0.3) is 0 Å². The standard InChI is InChI=1S/C26H33N3O3S/c1-6-32-14-8-13-29-25(31)22(16-23(30)28-24-18(3)9-7-10-19(24)4)33-26(29)27-21-12-11-17(2)20(5)15-21/h7,9-12,15,22H,6,8,13-14,16H2,1-5H3,(H,28,30)/t22-/m0/s1. The van der Waals surface area contributed by atoms with E-state index in [1.165, 1.54) is 17.3 Å². The molecule has 2 aromatic rings. The van der Waals surface area contributed by atoms with E-state index in [4.69, 9.17) is 9.73 Å². The molecule has 0 bridgehead atoms. The molecule has 176 valence electrons. The fourth-order valence-electron chi connectivity index (χ4n) is 3.68. The summed E-state index contributed by atoms with van der Waals surface area (Å²) in [6.45, 7) is 11.7. The minimum Gasteiger partial charge on any atom is -0.382 e. The number of hydrogen-bond donors (Lipinski definition) is 1. The van der Waals surface area contributed by atoms with Crippen LogP contribution < -0.4 is 5.32 Å². The molecular formula is C26H33N3O3S. The van der Waals surface area contributed by atoms with Crippen LogP contribution in [0, 0.1) is 27.7 Å². The minimum absolute atomic E-state index is 0.0734. The van der Waals surface area contributed by atoms with Crippen LogP contribution in [0.5, 0.6) is 0 Å². The quantitative estimate of drug-likeness (QED) is 0.508. The van der Waals surface area contributed by atoms with Crippen molar-refractivity contribution in [3.63, 3.8) is 0 Å². The summed E-state index contributed by atoms with van der Waals surface area (Å²) in [5.41, 5.74) is 5.98. The Bertz CT molecular complexity index is 1030. The molecule has 0 radical (unpaired) electrons. The van der Waals surface area contributed by atoms with Crippen molar-refractivity contribution in [1.29, 1.82) is 0 Å². The van der Waals surface area contributed by atoms with Gasteiger partial charge in [0.05, 0.1) is 5.69 Å². The summed E-state index contributed by atoms with van der Waals surface area (Å²) in [6.07, 6.45) is 0.818. The number of nitrogens with zero attached hydrogens (tertiary/aromatic N) is 2. The number of para-hydroxylation sites is 1. The van der Waals surface area contributed by atoms with Crippen molar-refractivity contribution in [1.82, 2.24) is 4.90 Å². The van der Waals surface area contributed by atoms with Gasteiger partial charge in [0.25, 0.3) is 0 Å². The Morgan fingerprint density at radius 1 is 1.09 bits per heavy atom. The van der Waals surface area contributed by atoms with Gasteiger partial charge in [-0.3, -0.25) is 14.5 Å². The lowest BCUT2D eigenvalue weighted by atomic mass is 10.1. The number of rotatable bonds is 9. The highest BCUT2D eigenvalue weighted by Gasteiger charge is 2.39. The van der Waals surface area contributed by atoms with Gasteiger partial charge < -0.3 is 10.1 Å². The minimum atomic E-state index is -0.494. The van der Waals surface area contributed by atoms with Gasteiger partial charge in [-0.15, -0.1) is 0 Å². The second-order valence-corrected chi connectivity index (χ2v) is 9.50. The van der Waals surface area contributed by atoms with Crippen LogP contribution in [0.15, 0.2) is 41.4 Å². The fourth-order valence-corrected chi connectivity index (χ4v) is 4.86. The molecule has 1 N–H and O–H groups in total. The summed E-state index contributed by atoms with van der Waals surface area (Å²) >= 11 is 1.37. The molecular weight excluding hydrogens is 434 g/mol. The SMILES string of the molecule is CCOCCCN1C(=O)[C@H](CC(=O)Nc2c(C)cccc2C)SC1=Nc1ccc(C)c(C)c1. The Hall–Kier alpha value is -2.64. The Labute approximate surface area is 200 Å². The maximum Gasteiger partial charge on any atom is 0.242 e. The van der Waals surface area contributed by atoms with E-state index in [9.17, 15) is 9.59 Å². The third-order valence-electron chi connectivity index (χ3n) is 5.73. The van der Waals surface area contributed by atoms with Gasteiger partial charge in [0, 0.05) is 31.9 Å². The van der Waals surface area contributed by atoms with E-state index in [1.54, 1.807) is 4.90 Å². The van der Waals surface area contributed by atoms with E-state index in [0.29, 0.717) is 31.3 Å². The van der Waals surface area contributed by atoms with Crippen molar-refractivity contribution in [3.8, 4) is 0 Å². The first-order valence-electron chi connectivity index (χ1n) is 11.4. The first-order chi connectivity index (χ1) is 15.8. The van der Waals surface area contributed by atoms with Crippen molar-refractivity contribution in [2.75, 3.05) is 25.1 Å². The fraction of sp³-hybridized carbons (Fsp3) is 0.423. The van der Waals surface area contributed by atoms with Crippen LogP contribution in [0.4, 0.5) is 11.4 Å². The number of carbonyl (C=O) groups excluding carboxylic acids is 2. The molecule has 0 aromatic heterocycles. The van der Waals surface area contributed by atoms with Crippen molar-refractivity contribution in [2.24, 2.45) is 4.99 Å². The summed E-state index contributed by atoms with van der Waals surface area (Å²) in [5.74, 6) is -0.240. The molecule has 1 atom stereocenters. The highest BCUT2D eigenvalue weighted by Crippen LogP contribution is 2.33. The molecule has 0 spiro atoms. The van der Waals surface area contributed by atoms with E-state index in [0.717, 1.165) is 28.1 Å². The van der Waals surface area contributed by atoms with E-state index in [-0.39, 0.29) is 18.2 Å². The van der Waals surface area contributed by atoms with Crippen molar-refractivity contribution >= 4 is 40.1 Å². The number of nitrogens with one attached hydrogen (secondary N) is 1. The van der Waals surface area contributed by atoms with Gasteiger partial charge in [0.1, 0.15) is 5.25 Å². The number of hydrogen-bond acceptors (Lipinski definition) is 5. The third kappa shape index (κ3) is 6.45. The zero-order valence-electron chi connectivity index (χ0n) is 20.1. The first-order valence-corrected chi connectivity index (χ1v) is 12.3. The highest BCUT2D eigenvalue weighted by atomic mass is 32.2. The monoisotopic (exact) mass is 467 g/mol. The lowest BCUT2D eigenvalue weighted by molar-refractivity contribution is -0.128. The van der Waals surface area contributed by atoms with Crippen LogP contribution in [0.2, 0.25) is 0 Å². The van der Waals surface area contributed by atoms with Gasteiger partial charge in [-0.25, -0.2) is 4.99 Å². The van der Waals surface area contributed by atoms with Crippen molar-refractivity contribution in [3.05, 3.63) is 58.7 Å². The number of ether oxygens (including phenoxy) is 1. The van der Waals surface area contributed by atoms with E-state index >= 15 is 0 Å². The summed E-state index contributed by atoms with van der Waals surface area (Å²) in [7, 11) is 0. The normalized spacial score (nSPS) is 17.1. The zero-order chi connectivity index (χ0) is 24.0. The average molecular weight is 468 g/mol. The number of anilines is 1. The lowest BCUT2D eigenvalue weighted by Crippen LogP contribution is -2.34. The molecule has 1 aliphatic rings. The summed E-state index contributed by atoms with van der Waals surface area (Å²) in [5, 5.41) is 3.15. The average Bonchev–Trinajstić information content (AvgIpc) is 3.05. The molecule has 1 heterocycles. The van der Waals surface area contributed by atoms with Crippen LogP contribution in [-0.2, 0) is 14.3 Å². The molecule has 1 saturated heterocycles. The van der Waals surface area contributed by atoms with E-state index < -0.39 is 5.25 Å². The molecule has 7 heteroatoms. The van der Waals surface area contributed by atoms with Gasteiger partial charge in [0.2, 0.25) is 11.8 Å². The molecule has 33 heavy (non-hydrogen) atoms. The van der Waals surface area contributed by atoms with Gasteiger partial charge in [-0.1, -0.05) is 36.0 Å². The Kier molecular flexibility index (Phi) is 8.69. The number of benzene rings is 2. The lowest BCUT2D eigenvalue weighted by Gasteiger charge is -2.16. The Morgan fingerprint density at radius 3 is 2.48 bits per heavy atom. The Morgan fingerprint density at radius 2 is 1.82 bits per heavy atom. The third-order valence-corrected chi connectivity index (χ3v) is 6.90. The number of thioether (sulfide) groups is 1. The molecule has 3 rings (SSSR count). The topological polar surface area (TPSA) is 71.0 Å². The molecule has 0 saturated carbocycles. The van der Waals surface area contributed by atoms with Crippen LogP contribution in [0.3, 0.4) is 0 Å².